The van der Waals surface area contributed by atoms with Crippen molar-refractivity contribution in [3.63, 3.8) is 0 Å². The quantitative estimate of drug-likeness (QED) is 0.684. The third kappa shape index (κ3) is 4.11. The number of imide groups is 1. The molecule has 1 N–H and O–H groups in total. The minimum absolute atomic E-state index is 0.114. The van der Waals surface area contributed by atoms with Gasteiger partial charge in [0.1, 0.15) is 5.54 Å². The maximum absolute atomic E-state index is 13.1. The zero-order valence-corrected chi connectivity index (χ0v) is 19.7. The molecule has 1 atom stereocenters. The summed E-state index contributed by atoms with van der Waals surface area (Å²) in [7, 11) is -1.11. The highest BCUT2D eigenvalue weighted by atomic mass is 32.2. The molecule has 0 unspecified atom stereocenters. The van der Waals surface area contributed by atoms with Crippen LogP contribution >= 0.6 is 0 Å². The SMILES string of the molecule is Cc1nn([C@@H]2CCS(=O)(=O)C2)c(C)c1CN(C)CN1C(=O)NC2(CCC(C)CC2)C1=O. The second-order valence-corrected chi connectivity index (χ2v) is 12.0. The molecular formula is C21H33N5O4S. The van der Waals surface area contributed by atoms with E-state index in [0.717, 1.165) is 29.8 Å². The lowest BCUT2D eigenvalue weighted by atomic mass is 9.77. The monoisotopic (exact) mass is 451 g/mol. The Morgan fingerprint density at radius 3 is 2.48 bits per heavy atom. The fraction of sp³-hybridized carbons (Fsp3) is 0.762. The standard InChI is InChI=1S/C21H33N5O4S/c1-14-5-8-21(9-6-14)19(27)25(20(28)22-21)13-24(4)11-18-15(2)23-26(16(18)3)17-7-10-31(29,30)12-17/h14,17H,5-13H2,1-4H3,(H,22,28)/t14?,17-,21?/m1/s1. The first-order chi connectivity index (χ1) is 14.5. The Morgan fingerprint density at radius 1 is 1.19 bits per heavy atom. The van der Waals surface area contributed by atoms with E-state index in [0.29, 0.717) is 31.7 Å². The number of aryl methyl sites for hydroxylation is 1. The Balaban J connectivity index is 1.44. The smallest absolute Gasteiger partial charge is 0.323 e. The van der Waals surface area contributed by atoms with Crippen LogP contribution in [0.15, 0.2) is 0 Å². The molecule has 3 amide bonds. The number of urea groups is 1. The second-order valence-electron chi connectivity index (χ2n) is 9.73. The number of sulfone groups is 1. The molecule has 1 aliphatic carbocycles. The van der Waals surface area contributed by atoms with E-state index >= 15 is 0 Å². The summed E-state index contributed by atoms with van der Waals surface area (Å²) in [5.41, 5.74) is 2.08. The van der Waals surface area contributed by atoms with Gasteiger partial charge in [-0.3, -0.25) is 14.4 Å². The average Bonchev–Trinajstić information content (AvgIpc) is 3.27. The van der Waals surface area contributed by atoms with E-state index in [1.807, 2.05) is 30.5 Å². The molecule has 0 aromatic carbocycles. The van der Waals surface area contributed by atoms with Gasteiger partial charge in [0.15, 0.2) is 9.84 Å². The van der Waals surface area contributed by atoms with Crippen molar-refractivity contribution in [1.29, 1.82) is 0 Å². The minimum Gasteiger partial charge on any atom is -0.323 e. The van der Waals surface area contributed by atoms with Crippen molar-refractivity contribution in [2.75, 3.05) is 25.2 Å². The van der Waals surface area contributed by atoms with Crippen LogP contribution in [-0.4, -0.2) is 70.7 Å². The van der Waals surface area contributed by atoms with Gasteiger partial charge in [0.2, 0.25) is 0 Å². The van der Waals surface area contributed by atoms with Crippen molar-refractivity contribution in [3.05, 3.63) is 17.0 Å². The van der Waals surface area contributed by atoms with Crippen molar-refractivity contribution in [3.8, 4) is 0 Å². The normalized spacial score (nSPS) is 30.5. The highest BCUT2D eigenvalue weighted by Crippen LogP contribution is 2.36. The predicted molar refractivity (Wildman–Crippen MR) is 116 cm³/mol. The molecule has 1 saturated carbocycles. The number of nitrogens with zero attached hydrogens (tertiary/aromatic N) is 4. The first-order valence-electron chi connectivity index (χ1n) is 11.1. The maximum Gasteiger partial charge on any atom is 0.326 e. The van der Waals surface area contributed by atoms with E-state index in [4.69, 9.17) is 0 Å². The summed E-state index contributed by atoms with van der Waals surface area (Å²) in [6, 6.07) is -0.436. The summed E-state index contributed by atoms with van der Waals surface area (Å²) in [5, 5.41) is 7.58. The lowest BCUT2D eigenvalue weighted by molar-refractivity contribution is -0.134. The average molecular weight is 452 g/mol. The number of amides is 3. The molecule has 3 heterocycles. The Bertz CT molecular complexity index is 994. The van der Waals surface area contributed by atoms with E-state index in [-0.39, 0.29) is 36.2 Å². The fourth-order valence-electron chi connectivity index (χ4n) is 5.21. The van der Waals surface area contributed by atoms with Crippen molar-refractivity contribution >= 4 is 21.8 Å². The molecule has 0 bridgehead atoms. The molecule has 0 radical (unpaired) electrons. The van der Waals surface area contributed by atoms with Crippen LogP contribution in [0, 0.1) is 19.8 Å². The van der Waals surface area contributed by atoms with Gasteiger partial charge in [-0.25, -0.2) is 18.1 Å². The zero-order valence-electron chi connectivity index (χ0n) is 18.8. The molecule has 1 spiro atoms. The molecule has 9 nitrogen and oxygen atoms in total. The van der Waals surface area contributed by atoms with Gasteiger partial charge in [0, 0.05) is 17.8 Å². The van der Waals surface area contributed by atoms with E-state index in [9.17, 15) is 18.0 Å². The number of carbonyl (C=O) groups excluding carboxylic acids is 2. The van der Waals surface area contributed by atoms with E-state index < -0.39 is 15.4 Å². The molecule has 3 fully saturated rings. The molecule has 172 valence electrons. The van der Waals surface area contributed by atoms with Crippen molar-refractivity contribution in [2.45, 2.75) is 71.0 Å². The molecule has 1 aromatic rings. The van der Waals surface area contributed by atoms with Crippen LogP contribution in [0.4, 0.5) is 4.79 Å². The molecule has 3 aliphatic rings. The first kappa shape index (κ1) is 22.3. The number of nitrogens with one attached hydrogen (secondary N) is 1. The molecule has 4 rings (SSSR count). The molecule has 31 heavy (non-hydrogen) atoms. The van der Waals surface area contributed by atoms with Crippen LogP contribution in [0.3, 0.4) is 0 Å². The minimum atomic E-state index is -2.99. The van der Waals surface area contributed by atoms with Gasteiger partial charge in [-0.2, -0.15) is 5.10 Å². The molecule has 2 saturated heterocycles. The number of rotatable bonds is 5. The summed E-state index contributed by atoms with van der Waals surface area (Å²) in [6.45, 7) is 6.80. The van der Waals surface area contributed by atoms with Gasteiger partial charge < -0.3 is 5.32 Å². The lowest BCUT2D eigenvalue weighted by Gasteiger charge is -2.33. The van der Waals surface area contributed by atoms with E-state index in [1.165, 1.54) is 4.90 Å². The fourth-order valence-corrected chi connectivity index (χ4v) is 6.90. The van der Waals surface area contributed by atoms with Crippen LogP contribution in [-0.2, 0) is 21.2 Å². The predicted octanol–water partition coefficient (Wildman–Crippen LogP) is 1.75. The summed E-state index contributed by atoms with van der Waals surface area (Å²) >= 11 is 0. The van der Waals surface area contributed by atoms with Crippen molar-refractivity contribution in [2.24, 2.45) is 5.92 Å². The van der Waals surface area contributed by atoms with Gasteiger partial charge in [-0.1, -0.05) is 6.92 Å². The zero-order chi connectivity index (χ0) is 22.6. The molecular weight excluding hydrogens is 418 g/mol. The van der Waals surface area contributed by atoms with Crippen molar-refractivity contribution < 1.29 is 18.0 Å². The van der Waals surface area contributed by atoms with Crippen molar-refractivity contribution in [1.82, 2.24) is 24.9 Å². The Morgan fingerprint density at radius 2 is 1.87 bits per heavy atom. The second kappa shape index (κ2) is 7.88. The third-order valence-electron chi connectivity index (χ3n) is 7.21. The Hall–Kier alpha value is -1.94. The van der Waals surface area contributed by atoms with Gasteiger partial charge >= 0.3 is 6.03 Å². The van der Waals surface area contributed by atoms with Gasteiger partial charge in [-0.05, 0) is 58.9 Å². The van der Waals surface area contributed by atoms with Crippen LogP contribution in [0.25, 0.3) is 0 Å². The van der Waals surface area contributed by atoms with Crippen LogP contribution in [0.2, 0.25) is 0 Å². The largest absolute Gasteiger partial charge is 0.326 e. The topological polar surface area (TPSA) is 105 Å². The highest BCUT2D eigenvalue weighted by molar-refractivity contribution is 7.91. The van der Waals surface area contributed by atoms with E-state index in [1.54, 1.807) is 0 Å². The Labute approximate surface area is 184 Å². The maximum atomic E-state index is 13.1. The molecule has 1 aromatic heterocycles. The lowest BCUT2D eigenvalue weighted by Crippen LogP contribution is -2.49. The van der Waals surface area contributed by atoms with Crippen LogP contribution in [0.5, 0.6) is 0 Å². The first-order valence-corrected chi connectivity index (χ1v) is 12.9. The van der Waals surface area contributed by atoms with Gasteiger partial charge in [0.05, 0.1) is 29.9 Å². The summed E-state index contributed by atoms with van der Waals surface area (Å²) < 4.78 is 25.6. The molecule has 10 heteroatoms. The third-order valence-corrected chi connectivity index (χ3v) is 8.96. The van der Waals surface area contributed by atoms with E-state index in [2.05, 4.69) is 17.3 Å². The Kier molecular flexibility index (Phi) is 5.66. The highest BCUT2D eigenvalue weighted by Gasteiger charge is 2.52. The van der Waals surface area contributed by atoms with Crippen LogP contribution < -0.4 is 5.32 Å². The van der Waals surface area contributed by atoms with Gasteiger partial charge in [0.25, 0.3) is 5.91 Å². The number of hydrogen-bond donors (Lipinski definition) is 1. The molecule has 2 aliphatic heterocycles. The number of hydrogen-bond acceptors (Lipinski definition) is 6. The summed E-state index contributed by atoms with van der Waals surface area (Å²) in [6.07, 6.45) is 3.89. The van der Waals surface area contributed by atoms with Gasteiger partial charge in [-0.15, -0.1) is 0 Å². The summed E-state index contributed by atoms with van der Waals surface area (Å²) in [5.74, 6) is 0.812. The number of carbonyl (C=O) groups is 2. The van der Waals surface area contributed by atoms with Crippen LogP contribution in [0.1, 0.15) is 62.0 Å². The number of aromatic nitrogens is 2. The summed E-state index contributed by atoms with van der Waals surface area (Å²) in [4.78, 5) is 29.0.